The predicted octanol–water partition coefficient (Wildman–Crippen LogP) is 8.37. The summed E-state index contributed by atoms with van der Waals surface area (Å²) in [5.74, 6) is 0. The normalized spacial score (nSPS) is 11.9. The second-order valence-corrected chi connectivity index (χ2v) is 11.1. The number of rotatable bonds is 16. The molecule has 59 heavy (non-hydrogen) atoms. The smallest absolute Gasteiger partial charge is 0.438 e. The predicted molar refractivity (Wildman–Crippen MR) is 245 cm³/mol. The van der Waals surface area contributed by atoms with Crippen LogP contribution in [0.25, 0.3) is 0 Å². The summed E-state index contributed by atoms with van der Waals surface area (Å²) in [6, 6.07) is 11.4. The van der Waals surface area contributed by atoms with E-state index < -0.39 is 12.2 Å². The van der Waals surface area contributed by atoms with Crippen molar-refractivity contribution >= 4 is 95.1 Å². The summed E-state index contributed by atoms with van der Waals surface area (Å²) in [7, 11) is 11.1. The number of amides is 2. The molecule has 0 spiro atoms. The second kappa shape index (κ2) is 33.1. The highest BCUT2D eigenvalue weighted by Gasteiger charge is 2.22. The molecule has 0 aliphatic rings. The maximum Gasteiger partial charge on any atom is 0.438 e. The van der Waals surface area contributed by atoms with E-state index in [1.807, 2.05) is 51.1 Å². The topological polar surface area (TPSA) is 218 Å². The molecule has 2 aromatic rings. The fourth-order valence-electron chi connectivity index (χ4n) is 4.60. The SMILES string of the molecule is CCc1ccc(C)cc1N(OC)C(=O)OC.CO/N=C(C(/C)=N/O)\C(C)=N\OC.CO/N=C(C)/C(=N\OC)C(/C)=N/OCc1cccc(C)c1N(OC)C(=O)OC.II. The Morgan fingerprint density at radius 2 is 1.12 bits per heavy atom. The quantitative estimate of drug-likeness (QED) is 0.0726. The summed E-state index contributed by atoms with van der Waals surface area (Å²) < 4.78 is 9.42. The van der Waals surface area contributed by atoms with Crippen molar-refractivity contribution in [3.05, 3.63) is 58.7 Å². The lowest BCUT2D eigenvalue weighted by Crippen LogP contribution is -2.31. The summed E-state index contributed by atoms with van der Waals surface area (Å²) >= 11 is 4.24. The number of benzene rings is 2. The van der Waals surface area contributed by atoms with Crippen molar-refractivity contribution in [2.45, 2.75) is 61.5 Å². The van der Waals surface area contributed by atoms with Gasteiger partial charge in [0.2, 0.25) is 0 Å². The largest absolute Gasteiger partial charge is 0.451 e. The van der Waals surface area contributed by atoms with Crippen LogP contribution in [0.1, 0.15) is 56.9 Å². The molecule has 2 aromatic carbocycles. The molecular weight excluding hydrogens is 1000 g/mol. The molecule has 22 heteroatoms. The zero-order valence-corrected chi connectivity index (χ0v) is 40.5. The van der Waals surface area contributed by atoms with E-state index in [9.17, 15) is 9.59 Å². The van der Waals surface area contributed by atoms with E-state index in [1.54, 1.807) is 33.8 Å². The van der Waals surface area contributed by atoms with E-state index in [0.717, 1.165) is 38.9 Å². The van der Waals surface area contributed by atoms with Gasteiger partial charge in [-0.2, -0.15) is 10.1 Å². The molecule has 1 N–H and O–H groups in total. The lowest BCUT2D eigenvalue weighted by Gasteiger charge is -2.22. The molecule has 0 fully saturated rings. The molecule has 0 heterocycles. The van der Waals surface area contributed by atoms with Crippen LogP contribution < -0.4 is 10.1 Å². The van der Waals surface area contributed by atoms with E-state index in [-0.39, 0.29) is 6.61 Å². The number of aryl methyl sites for hydroxylation is 3. The van der Waals surface area contributed by atoms with Gasteiger partial charge in [0.25, 0.3) is 0 Å². The molecular formula is C37H56I2N8O12. The number of hydrogen-bond acceptors (Lipinski definition) is 18. The van der Waals surface area contributed by atoms with Gasteiger partial charge < -0.3 is 38.9 Å². The number of anilines is 2. The van der Waals surface area contributed by atoms with Crippen molar-refractivity contribution in [1.29, 1.82) is 0 Å². The van der Waals surface area contributed by atoms with Gasteiger partial charge >= 0.3 is 12.2 Å². The Labute approximate surface area is 369 Å². The fourth-order valence-corrected chi connectivity index (χ4v) is 4.60. The minimum absolute atomic E-state index is 0.0753. The number of carbonyl (C=O) groups excluding carboxylic acids is 2. The molecule has 20 nitrogen and oxygen atoms in total. The minimum atomic E-state index is -0.654. The van der Waals surface area contributed by atoms with Gasteiger partial charge in [-0.3, -0.25) is 9.68 Å². The number of methoxy groups -OCH3 is 2. The van der Waals surface area contributed by atoms with Crippen LogP contribution in [0.4, 0.5) is 21.0 Å². The maximum absolute atomic E-state index is 12.0. The number of halogens is 2. The van der Waals surface area contributed by atoms with Gasteiger partial charge in [0, 0.05) is 42.8 Å². The minimum Gasteiger partial charge on any atom is -0.451 e. The zero-order chi connectivity index (χ0) is 45.5. The van der Waals surface area contributed by atoms with Crippen LogP contribution >= 0.6 is 37.2 Å². The van der Waals surface area contributed by atoms with Crippen LogP contribution in [-0.2, 0) is 56.4 Å². The van der Waals surface area contributed by atoms with Gasteiger partial charge in [0.1, 0.15) is 57.9 Å². The van der Waals surface area contributed by atoms with Crippen LogP contribution in [0.5, 0.6) is 0 Å². The average molecular weight is 1060 g/mol. The maximum atomic E-state index is 12.0. The number of oxime groups is 6. The van der Waals surface area contributed by atoms with Crippen molar-refractivity contribution < 1.29 is 58.1 Å². The van der Waals surface area contributed by atoms with Crippen molar-refractivity contribution in [1.82, 2.24) is 0 Å². The van der Waals surface area contributed by atoms with Crippen LogP contribution in [0.15, 0.2) is 67.3 Å². The molecule has 0 bridgehead atoms. The lowest BCUT2D eigenvalue weighted by atomic mass is 10.1. The van der Waals surface area contributed by atoms with Gasteiger partial charge in [-0.25, -0.2) is 9.59 Å². The third-order valence-corrected chi connectivity index (χ3v) is 7.17. The molecule has 0 saturated heterocycles. The van der Waals surface area contributed by atoms with Gasteiger partial charge in [0.05, 0.1) is 39.8 Å². The summed E-state index contributed by atoms with van der Waals surface area (Å²) in [6.45, 7) is 12.5. The molecule has 2 rings (SSSR count). The molecule has 330 valence electrons. The Bertz CT molecular complexity index is 1770. The van der Waals surface area contributed by atoms with Crippen LogP contribution in [0.2, 0.25) is 0 Å². The zero-order valence-electron chi connectivity index (χ0n) is 36.1. The molecule has 2 amide bonds. The van der Waals surface area contributed by atoms with E-state index >= 15 is 0 Å². The van der Waals surface area contributed by atoms with E-state index in [4.69, 9.17) is 34.1 Å². The molecule has 0 aliphatic carbocycles. The Balaban J connectivity index is 0. The number of nitrogens with zero attached hydrogens (tertiary/aromatic N) is 8. The molecule has 0 aromatic heterocycles. The Hall–Kier alpha value is -4.82. The fraction of sp³-hybridized carbons (Fsp3) is 0.459. The summed E-state index contributed by atoms with van der Waals surface area (Å²) in [6.07, 6.45) is -0.353. The Morgan fingerprint density at radius 1 is 0.644 bits per heavy atom. The highest BCUT2D eigenvalue weighted by Crippen LogP contribution is 2.27. The molecule has 0 saturated carbocycles. The van der Waals surface area contributed by atoms with Gasteiger partial charge in [-0.05, 0) is 70.7 Å². The van der Waals surface area contributed by atoms with E-state index in [1.165, 1.54) is 56.9 Å². The summed E-state index contributed by atoms with van der Waals surface area (Å²) in [5, 5.41) is 32.7. The molecule has 0 aliphatic heterocycles. The number of carbonyl (C=O) groups is 2. The lowest BCUT2D eigenvalue weighted by molar-refractivity contribution is 0.111. The number of para-hydroxylation sites is 1. The summed E-state index contributed by atoms with van der Waals surface area (Å²) in [5.41, 5.74) is 7.25. The van der Waals surface area contributed by atoms with Crippen molar-refractivity contribution in [3.63, 3.8) is 0 Å². The van der Waals surface area contributed by atoms with E-state index in [0.29, 0.717) is 45.5 Å². The highest BCUT2D eigenvalue weighted by atomic mass is 128. The third kappa shape index (κ3) is 19.7. The first-order valence-electron chi connectivity index (χ1n) is 17.1. The number of hydroxylamine groups is 2. The first-order chi connectivity index (χ1) is 28.2. The van der Waals surface area contributed by atoms with Gasteiger partial charge in [0.15, 0.2) is 11.4 Å². The highest BCUT2D eigenvalue weighted by molar-refractivity contribution is 15.0. The molecule has 0 radical (unpaired) electrons. The number of hydrogen-bond donors (Lipinski definition) is 1. The second-order valence-electron chi connectivity index (χ2n) is 11.1. The number of ether oxygens (including phenoxy) is 2. The average Bonchev–Trinajstić information content (AvgIpc) is 3.24. The Morgan fingerprint density at radius 3 is 1.56 bits per heavy atom. The van der Waals surface area contributed by atoms with Gasteiger partial charge in [-0.15, -0.1) is 0 Å². The van der Waals surface area contributed by atoms with Crippen LogP contribution in [0.3, 0.4) is 0 Å². The van der Waals surface area contributed by atoms with Crippen molar-refractivity contribution in [2.75, 3.05) is 67.0 Å². The van der Waals surface area contributed by atoms with Gasteiger partial charge in [-0.1, -0.05) is 68.2 Å². The standard InChI is InChI=1S/C18H26N4O6.C12H17NO3.C7H13N3O3.I2/c1-12-9-8-10-15(17(12)22(27-7)18(23)24-4)11-28-20-14(3)16(21-26-6)13(2)19-25-5;1-5-10-7-6-9(2)8-11(10)13(16-4)12(14)15-3;1-5(8-11)7(10-13-4)6(2)9-12-3;1-2/h8-10H,11H2,1-7H3;6-8H,5H2,1-4H3;11H,1-4H3;/b19-13+,20-14+,21-16+;;8-5+,9-6+,10-7-;. The van der Waals surface area contributed by atoms with E-state index in [2.05, 4.69) is 82.6 Å². The Kier molecular flexibility index (Phi) is 31.5. The summed E-state index contributed by atoms with van der Waals surface area (Å²) in [4.78, 5) is 57.8. The molecule has 0 atom stereocenters. The van der Waals surface area contributed by atoms with Crippen LogP contribution in [-0.4, -0.2) is 109 Å². The first-order valence-corrected chi connectivity index (χ1v) is 23.4. The third-order valence-electron chi connectivity index (χ3n) is 7.17. The van der Waals surface area contributed by atoms with Crippen molar-refractivity contribution in [2.24, 2.45) is 30.9 Å². The molecule has 0 unspecified atom stereocenters. The van der Waals surface area contributed by atoms with Crippen molar-refractivity contribution in [3.8, 4) is 0 Å². The first kappa shape index (κ1) is 56.3. The van der Waals surface area contributed by atoms with Crippen LogP contribution in [0, 0.1) is 13.8 Å². The monoisotopic (exact) mass is 1060 g/mol.